The summed E-state index contributed by atoms with van der Waals surface area (Å²) < 4.78 is 4.69. The van der Waals surface area contributed by atoms with Crippen LogP contribution in [-0.4, -0.2) is 13.1 Å². The Hall–Kier alpha value is -2.29. The second kappa shape index (κ2) is 5.36. The molecule has 92 valence electrons. The third-order valence-electron chi connectivity index (χ3n) is 2.59. The summed E-state index contributed by atoms with van der Waals surface area (Å²) in [6.45, 7) is 2.04. The zero-order valence-corrected chi connectivity index (χ0v) is 10.4. The molecule has 0 amide bonds. The van der Waals surface area contributed by atoms with Crippen molar-refractivity contribution in [3.05, 3.63) is 59.7 Å². The van der Waals surface area contributed by atoms with Crippen molar-refractivity contribution in [3.8, 4) is 0 Å². The molecule has 3 heteroatoms. The predicted octanol–water partition coefficient (Wildman–Crippen LogP) is 3.53. The number of methoxy groups -OCH3 is 1. The molecular weight excluding hydrogens is 226 g/mol. The zero-order valence-electron chi connectivity index (χ0n) is 10.4. The van der Waals surface area contributed by atoms with E-state index in [2.05, 4.69) is 5.32 Å². The van der Waals surface area contributed by atoms with Gasteiger partial charge in [-0.3, -0.25) is 0 Å². The molecule has 0 aliphatic rings. The van der Waals surface area contributed by atoms with Gasteiger partial charge in [0.1, 0.15) is 0 Å². The number of benzene rings is 2. The molecular formula is C15H15NO2. The van der Waals surface area contributed by atoms with Crippen LogP contribution < -0.4 is 5.32 Å². The highest BCUT2D eigenvalue weighted by atomic mass is 16.5. The number of aryl methyl sites for hydroxylation is 1. The Bertz CT molecular complexity index is 564. The van der Waals surface area contributed by atoms with Gasteiger partial charge in [0.25, 0.3) is 0 Å². The van der Waals surface area contributed by atoms with Gasteiger partial charge in [0, 0.05) is 11.4 Å². The number of hydrogen-bond donors (Lipinski definition) is 1. The SMILES string of the molecule is COC(=O)c1cccc(Nc2cccc(C)c2)c1. The summed E-state index contributed by atoms with van der Waals surface area (Å²) in [5.74, 6) is -0.331. The van der Waals surface area contributed by atoms with Gasteiger partial charge >= 0.3 is 5.97 Å². The fourth-order valence-electron chi connectivity index (χ4n) is 1.73. The normalized spacial score (nSPS) is 9.89. The first kappa shape index (κ1) is 12.2. The maximum Gasteiger partial charge on any atom is 0.337 e. The van der Waals surface area contributed by atoms with Gasteiger partial charge in [-0.15, -0.1) is 0 Å². The molecule has 0 saturated carbocycles. The van der Waals surface area contributed by atoms with Crippen LogP contribution in [0.2, 0.25) is 0 Å². The molecule has 1 N–H and O–H groups in total. The minimum Gasteiger partial charge on any atom is -0.465 e. The van der Waals surface area contributed by atoms with Gasteiger partial charge in [-0.05, 0) is 42.8 Å². The summed E-state index contributed by atoms with van der Waals surface area (Å²) in [5.41, 5.74) is 3.58. The second-order valence-electron chi connectivity index (χ2n) is 4.07. The number of hydrogen-bond acceptors (Lipinski definition) is 3. The quantitative estimate of drug-likeness (QED) is 0.835. The van der Waals surface area contributed by atoms with Crippen LogP contribution >= 0.6 is 0 Å². The maximum atomic E-state index is 11.4. The van der Waals surface area contributed by atoms with Gasteiger partial charge in [-0.25, -0.2) is 4.79 Å². The van der Waals surface area contributed by atoms with Gasteiger partial charge in [-0.1, -0.05) is 18.2 Å². The first-order valence-electron chi connectivity index (χ1n) is 5.71. The van der Waals surface area contributed by atoms with Crippen LogP contribution in [0.15, 0.2) is 48.5 Å². The zero-order chi connectivity index (χ0) is 13.0. The lowest BCUT2D eigenvalue weighted by Crippen LogP contribution is -2.01. The molecule has 0 fully saturated rings. The van der Waals surface area contributed by atoms with Crippen LogP contribution in [-0.2, 0) is 4.74 Å². The minimum atomic E-state index is -0.331. The highest BCUT2D eigenvalue weighted by Crippen LogP contribution is 2.18. The van der Waals surface area contributed by atoms with Crippen LogP contribution in [0.1, 0.15) is 15.9 Å². The molecule has 0 heterocycles. The van der Waals surface area contributed by atoms with E-state index in [1.54, 1.807) is 12.1 Å². The van der Waals surface area contributed by atoms with E-state index < -0.39 is 0 Å². The second-order valence-corrected chi connectivity index (χ2v) is 4.07. The largest absolute Gasteiger partial charge is 0.465 e. The number of ether oxygens (including phenoxy) is 1. The highest BCUT2D eigenvalue weighted by Gasteiger charge is 2.05. The number of nitrogens with one attached hydrogen (secondary N) is 1. The van der Waals surface area contributed by atoms with Crippen molar-refractivity contribution in [1.82, 2.24) is 0 Å². The van der Waals surface area contributed by atoms with E-state index in [1.165, 1.54) is 12.7 Å². The van der Waals surface area contributed by atoms with E-state index in [4.69, 9.17) is 4.74 Å². The van der Waals surface area contributed by atoms with Crippen molar-refractivity contribution < 1.29 is 9.53 Å². The van der Waals surface area contributed by atoms with E-state index in [0.29, 0.717) is 5.56 Å². The van der Waals surface area contributed by atoms with E-state index in [0.717, 1.165) is 11.4 Å². The third-order valence-corrected chi connectivity index (χ3v) is 2.59. The molecule has 0 radical (unpaired) electrons. The smallest absolute Gasteiger partial charge is 0.337 e. The summed E-state index contributed by atoms with van der Waals surface area (Å²) in [6.07, 6.45) is 0. The van der Waals surface area contributed by atoms with Gasteiger partial charge in [-0.2, -0.15) is 0 Å². The fraction of sp³-hybridized carbons (Fsp3) is 0.133. The molecule has 2 aromatic rings. The first-order chi connectivity index (χ1) is 8.69. The molecule has 0 bridgehead atoms. The Labute approximate surface area is 106 Å². The molecule has 0 unspecified atom stereocenters. The monoisotopic (exact) mass is 241 g/mol. The van der Waals surface area contributed by atoms with Crippen LogP contribution in [0, 0.1) is 6.92 Å². The summed E-state index contributed by atoms with van der Waals surface area (Å²) in [7, 11) is 1.38. The van der Waals surface area contributed by atoms with E-state index in [-0.39, 0.29) is 5.97 Å². The molecule has 0 saturated heterocycles. The Morgan fingerprint density at radius 1 is 1.06 bits per heavy atom. The van der Waals surface area contributed by atoms with Crippen molar-refractivity contribution in [2.24, 2.45) is 0 Å². The Balaban J connectivity index is 2.22. The van der Waals surface area contributed by atoms with Gasteiger partial charge in [0.05, 0.1) is 12.7 Å². The third kappa shape index (κ3) is 2.88. The van der Waals surface area contributed by atoms with Crippen molar-refractivity contribution >= 4 is 17.3 Å². The number of anilines is 2. The number of rotatable bonds is 3. The Kier molecular flexibility index (Phi) is 3.63. The van der Waals surface area contributed by atoms with Crippen LogP contribution in [0.5, 0.6) is 0 Å². The average molecular weight is 241 g/mol. The van der Waals surface area contributed by atoms with Crippen LogP contribution in [0.4, 0.5) is 11.4 Å². The first-order valence-corrected chi connectivity index (χ1v) is 5.71. The molecule has 2 aromatic carbocycles. The highest BCUT2D eigenvalue weighted by molar-refractivity contribution is 5.90. The van der Waals surface area contributed by atoms with Crippen molar-refractivity contribution in [1.29, 1.82) is 0 Å². The Morgan fingerprint density at radius 2 is 1.72 bits per heavy atom. The van der Waals surface area contributed by atoms with E-state index in [1.807, 2.05) is 43.3 Å². The molecule has 3 nitrogen and oxygen atoms in total. The standard InChI is InChI=1S/C15H15NO2/c1-11-5-3-7-13(9-11)16-14-8-4-6-12(10-14)15(17)18-2/h3-10,16H,1-2H3. The molecule has 0 aliphatic heterocycles. The van der Waals surface area contributed by atoms with Crippen LogP contribution in [0.3, 0.4) is 0 Å². The molecule has 2 rings (SSSR count). The molecule has 0 aromatic heterocycles. The predicted molar refractivity (Wildman–Crippen MR) is 72.2 cm³/mol. The maximum absolute atomic E-state index is 11.4. The molecule has 0 spiro atoms. The van der Waals surface area contributed by atoms with Gasteiger partial charge < -0.3 is 10.1 Å². The lowest BCUT2D eigenvalue weighted by atomic mass is 10.2. The van der Waals surface area contributed by atoms with Crippen molar-refractivity contribution in [2.75, 3.05) is 12.4 Å². The summed E-state index contributed by atoms with van der Waals surface area (Å²) >= 11 is 0. The van der Waals surface area contributed by atoms with Crippen molar-refractivity contribution in [2.45, 2.75) is 6.92 Å². The Morgan fingerprint density at radius 3 is 2.39 bits per heavy atom. The number of carbonyl (C=O) groups is 1. The van der Waals surface area contributed by atoms with Crippen molar-refractivity contribution in [3.63, 3.8) is 0 Å². The number of carbonyl (C=O) groups excluding carboxylic acids is 1. The molecule has 18 heavy (non-hydrogen) atoms. The molecule has 0 atom stereocenters. The lowest BCUT2D eigenvalue weighted by Gasteiger charge is -2.08. The lowest BCUT2D eigenvalue weighted by molar-refractivity contribution is 0.0601. The summed E-state index contributed by atoms with van der Waals surface area (Å²) in [5, 5.41) is 3.26. The number of esters is 1. The van der Waals surface area contributed by atoms with Gasteiger partial charge in [0.2, 0.25) is 0 Å². The summed E-state index contributed by atoms with van der Waals surface area (Å²) in [4.78, 5) is 11.4. The average Bonchev–Trinajstić information content (AvgIpc) is 2.38. The van der Waals surface area contributed by atoms with Crippen LogP contribution in [0.25, 0.3) is 0 Å². The van der Waals surface area contributed by atoms with E-state index >= 15 is 0 Å². The molecule has 0 aliphatic carbocycles. The topological polar surface area (TPSA) is 38.3 Å². The minimum absolute atomic E-state index is 0.331. The fourth-order valence-corrected chi connectivity index (χ4v) is 1.73. The summed E-state index contributed by atoms with van der Waals surface area (Å²) in [6, 6.07) is 15.3. The van der Waals surface area contributed by atoms with E-state index in [9.17, 15) is 4.79 Å². The van der Waals surface area contributed by atoms with Gasteiger partial charge in [0.15, 0.2) is 0 Å².